The number of hydrogen-bond acceptors (Lipinski definition) is 4. The molecule has 7 heteroatoms. The van der Waals surface area contributed by atoms with Gasteiger partial charge in [-0.25, -0.2) is 4.79 Å². The number of aliphatic carboxylic acids is 1. The lowest BCUT2D eigenvalue weighted by Crippen LogP contribution is -2.46. The molecular formula is C13H24N2O4S. The Labute approximate surface area is 124 Å². The van der Waals surface area contributed by atoms with E-state index in [2.05, 4.69) is 10.6 Å². The maximum atomic E-state index is 11.7. The van der Waals surface area contributed by atoms with Gasteiger partial charge in [0.15, 0.2) is 0 Å². The summed E-state index contributed by atoms with van der Waals surface area (Å²) in [5, 5.41) is 13.7. The van der Waals surface area contributed by atoms with Gasteiger partial charge in [0.1, 0.15) is 0 Å². The molecule has 0 saturated carbocycles. The molecule has 0 heterocycles. The van der Waals surface area contributed by atoms with Crippen molar-refractivity contribution in [3.05, 3.63) is 0 Å². The second-order valence-electron chi connectivity index (χ2n) is 5.49. The molecule has 0 aliphatic heterocycles. The smallest absolute Gasteiger partial charge is 0.321 e. The van der Waals surface area contributed by atoms with Crippen LogP contribution in [0.2, 0.25) is 0 Å². The van der Waals surface area contributed by atoms with Crippen LogP contribution in [0.15, 0.2) is 0 Å². The molecule has 0 fully saturated rings. The number of rotatable bonds is 8. The lowest BCUT2D eigenvalue weighted by atomic mass is 9.85. The van der Waals surface area contributed by atoms with E-state index in [1.54, 1.807) is 25.6 Å². The molecule has 0 rings (SSSR count). The Balaban J connectivity index is 4.25. The first-order valence-corrected chi connectivity index (χ1v) is 7.90. The number of nitrogens with one attached hydrogen (secondary N) is 2. The van der Waals surface area contributed by atoms with Crippen LogP contribution in [-0.4, -0.2) is 41.1 Å². The molecule has 0 bridgehead atoms. The highest BCUT2D eigenvalue weighted by atomic mass is 32.2. The molecular weight excluding hydrogens is 280 g/mol. The second kappa shape index (κ2) is 8.84. The monoisotopic (exact) mass is 304 g/mol. The lowest BCUT2D eigenvalue weighted by Gasteiger charge is -2.22. The van der Waals surface area contributed by atoms with Crippen LogP contribution < -0.4 is 10.6 Å². The van der Waals surface area contributed by atoms with E-state index < -0.39 is 23.3 Å². The number of amides is 3. The van der Waals surface area contributed by atoms with Gasteiger partial charge in [-0.15, -0.1) is 0 Å². The fourth-order valence-corrected chi connectivity index (χ4v) is 2.48. The van der Waals surface area contributed by atoms with Gasteiger partial charge in [0.25, 0.3) is 0 Å². The zero-order chi connectivity index (χ0) is 15.8. The third kappa shape index (κ3) is 8.79. The van der Waals surface area contributed by atoms with Gasteiger partial charge in [-0.3, -0.25) is 14.9 Å². The van der Waals surface area contributed by atoms with Gasteiger partial charge in [-0.05, 0) is 18.1 Å². The van der Waals surface area contributed by atoms with Gasteiger partial charge in [0, 0.05) is 18.2 Å². The molecule has 0 aliphatic rings. The van der Waals surface area contributed by atoms with Crippen molar-refractivity contribution in [1.29, 1.82) is 0 Å². The predicted octanol–water partition coefficient (Wildman–Crippen LogP) is 1.84. The maximum Gasteiger partial charge on any atom is 0.321 e. The zero-order valence-electron chi connectivity index (χ0n) is 12.5. The molecule has 1 unspecified atom stereocenters. The summed E-state index contributed by atoms with van der Waals surface area (Å²) in [5.41, 5.74) is -0.681. The molecule has 0 radical (unpaired) electrons. The molecule has 3 N–H and O–H groups in total. The van der Waals surface area contributed by atoms with E-state index in [1.807, 2.05) is 13.2 Å². The van der Waals surface area contributed by atoms with E-state index >= 15 is 0 Å². The van der Waals surface area contributed by atoms with Crippen molar-refractivity contribution >= 4 is 29.7 Å². The van der Waals surface area contributed by atoms with E-state index in [4.69, 9.17) is 5.11 Å². The average Bonchev–Trinajstić information content (AvgIpc) is 2.24. The summed E-state index contributed by atoms with van der Waals surface area (Å²) in [7, 11) is 0. The van der Waals surface area contributed by atoms with Gasteiger partial charge >= 0.3 is 12.0 Å². The van der Waals surface area contributed by atoms with Crippen LogP contribution in [-0.2, 0) is 9.59 Å². The van der Waals surface area contributed by atoms with E-state index in [0.717, 1.165) is 12.2 Å². The Bertz CT molecular complexity index is 358. The molecule has 0 spiro atoms. The van der Waals surface area contributed by atoms with Crippen molar-refractivity contribution in [3.8, 4) is 0 Å². The van der Waals surface area contributed by atoms with Crippen LogP contribution in [0.1, 0.15) is 40.0 Å². The number of carbonyl (C=O) groups is 3. The molecule has 0 aromatic rings. The molecule has 6 nitrogen and oxygen atoms in total. The largest absolute Gasteiger partial charge is 0.481 e. The highest BCUT2D eigenvalue weighted by molar-refractivity contribution is 7.98. The maximum absolute atomic E-state index is 11.7. The molecule has 1 atom stereocenters. The summed E-state index contributed by atoms with van der Waals surface area (Å²) in [6.07, 6.45) is 2.60. The number of hydrogen-bond donors (Lipinski definition) is 3. The fraction of sp³-hybridized carbons (Fsp3) is 0.769. The van der Waals surface area contributed by atoms with Gasteiger partial charge < -0.3 is 10.4 Å². The van der Waals surface area contributed by atoms with Crippen molar-refractivity contribution in [3.63, 3.8) is 0 Å². The van der Waals surface area contributed by atoms with Crippen molar-refractivity contribution in [2.24, 2.45) is 5.41 Å². The first kappa shape index (κ1) is 18.8. The first-order valence-electron chi connectivity index (χ1n) is 6.51. The quantitative estimate of drug-likeness (QED) is 0.636. The average molecular weight is 304 g/mol. The lowest BCUT2D eigenvalue weighted by molar-refractivity contribution is -0.139. The highest BCUT2D eigenvalue weighted by Gasteiger charge is 2.26. The van der Waals surface area contributed by atoms with Gasteiger partial charge in [-0.2, -0.15) is 11.8 Å². The standard InChI is InChI=1S/C13H24N2O4S/c1-5-9(8-20-4)14-12(19)15-10(16)6-13(2,3)7-11(17)18/h9H,5-8H2,1-4H3,(H,17,18)(H2,14,15,16,19). The minimum Gasteiger partial charge on any atom is -0.481 e. The normalized spacial score (nSPS) is 12.6. The van der Waals surface area contributed by atoms with Crippen LogP contribution in [0, 0.1) is 5.41 Å². The number of thioether (sulfide) groups is 1. The van der Waals surface area contributed by atoms with Gasteiger partial charge in [0.05, 0.1) is 6.42 Å². The van der Waals surface area contributed by atoms with E-state index in [0.29, 0.717) is 0 Å². The fourth-order valence-electron chi connectivity index (χ4n) is 1.76. The van der Waals surface area contributed by atoms with Crippen LogP contribution in [0.5, 0.6) is 0 Å². The molecule has 0 aliphatic carbocycles. The number of carboxylic acids is 1. The Morgan fingerprint density at radius 2 is 1.85 bits per heavy atom. The van der Waals surface area contributed by atoms with E-state index in [-0.39, 0.29) is 18.9 Å². The summed E-state index contributed by atoms with van der Waals surface area (Å²) in [6.45, 7) is 5.32. The Kier molecular flexibility index (Phi) is 8.29. The van der Waals surface area contributed by atoms with Gasteiger partial charge in [-0.1, -0.05) is 20.8 Å². The van der Waals surface area contributed by atoms with Crippen LogP contribution >= 0.6 is 11.8 Å². The second-order valence-corrected chi connectivity index (χ2v) is 6.40. The number of imide groups is 1. The molecule has 116 valence electrons. The van der Waals surface area contributed by atoms with Crippen molar-refractivity contribution in [1.82, 2.24) is 10.6 Å². The van der Waals surface area contributed by atoms with Crippen LogP contribution in [0.3, 0.4) is 0 Å². The molecule has 20 heavy (non-hydrogen) atoms. The minimum absolute atomic E-state index is 0.00790. The first-order chi connectivity index (χ1) is 9.20. The van der Waals surface area contributed by atoms with Crippen molar-refractivity contribution in [2.75, 3.05) is 12.0 Å². The summed E-state index contributed by atoms with van der Waals surface area (Å²) in [6, 6.07) is -0.508. The zero-order valence-corrected chi connectivity index (χ0v) is 13.3. The minimum atomic E-state index is -0.960. The third-order valence-corrected chi connectivity index (χ3v) is 3.45. The summed E-state index contributed by atoms with van der Waals surface area (Å²) in [4.78, 5) is 34.0. The van der Waals surface area contributed by atoms with E-state index in [9.17, 15) is 14.4 Å². The molecule has 0 aromatic heterocycles. The Morgan fingerprint density at radius 3 is 2.30 bits per heavy atom. The summed E-state index contributed by atoms with van der Waals surface area (Å²) in [5.74, 6) is -0.645. The van der Waals surface area contributed by atoms with Gasteiger partial charge in [0.2, 0.25) is 5.91 Å². The summed E-state index contributed by atoms with van der Waals surface area (Å²) < 4.78 is 0. The number of urea groups is 1. The SMILES string of the molecule is CCC(CSC)NC(=O)NC(=O)CC(C)(C)CC(=O)O. The van der Waals surface area contributed by atoms with Crippen LogP contribution in [0.25, 0.3) is 0 Å². The Morgan fingerprint density at radius 1 is 1.25 bits per heavy atom. The molecule has 3 amide bonds. The van der Waals surface area contributed by atoms with Crippen LogP contribution in [0.4, 0.5) is 4.79 Å². The molecule has 0 saturated heterocycles. The Hall–Kier alpha value is -1.24. The molecule has 0 aromatic carbocycles. The number of carboxylic acid groups (broad SMARTS) is 1. The van der Waals surface area contributed by atoms with Crippen molar-refractivity contribution < 1.29 is 19.5 Å². The van der Waals surface area contributed by atoms with E-state index in [1.165, 1.54) is 0 Å². The summed E-state index contributed by atoms with van der Waals surface area (Å²) >= 11 is 1.62. The van der Waals surface area contributed by atoms with Crippen molar-refractivity contribution in [2.45, 2.75) is 46.1 Å². The predicted molar refractivity (Wildman–Crippen MR) is 79.8 cm³/mol. The highest BCUT2D eigenvalue weighted by Crippen LogP contribution is 2.24. The number of carbonyl (C=O) groups excluding carboxylic acids is 2. The third-order valence-electron chi connectivity index (χ3n) is 2.72. The topological polar surface area (TPSA) is 95.5 Å².